The Labute approximate surface area is 182 Å². The van der Waals surface area contributed by atoms with Gasteiger partial charge in [-0.15, -0.1) is 0 Å². The van der Waals surface area contributed by atoms with Gasteiger partial charge >= 0.3 is 0 Å². The molecule has 0 aromatic heterocycles. The van der Waals surface area contributed by atoms with Crippen LogP contribution >= 0.6 is 0 Å². The van der Waals surface area contributed by atoms with Gasteiger partial charge in [0.15, 0.2) is 11.9 Å². The van der Waals surface area contributed by atoms with Crippen molar-refractivity contribution in [2.24, 2.45) is 0 Å². The number of carbonyl (C=O) groups is 3. The number of anilines is 3. The van der Waals surface area contributed by atoms with Crippen molar-refractivity contribution in [3.05, 3.63) is 48.0 Å². The number of ketones is 1. The van der Waals surface area contributed by atoms with Crippen LogP contribution in [-0.2, 0) is 9.59 Å². The fourth-order valence-electron chi connectivity index (χ4n) is 4.01. The zero-order chi connectivity index (χ0) is 22.0. The summed E-state index contributed by atoms with van der Waals surface area (Å²) in [6.07, 6.45) is 2.06. The zero-order valence-electron chi connectivity index (χ0n) is 17.9. The molecule has 0 radical (unpaired) electrons. The molecule has 7 heteroatoms. The molecule has 1 unspecified atom stereocenters. The van der Waals surface area contributed by atoms with Crippen LogP contribution in [0.1, 0.15) is 43.0 Å². The van der Waals surface area contributed by atoms with Crippen LogP contribution in [0.5, 0.6) is 5.75 Å². The van der Waals surface area contributed by atoms with Gasteiger partial charge in [-0.3, -0.25) is 14.4 Å². The minimum atomic E-state index is -0.549. The number of nitrogens with zero attached hydrogens (tertiary/aromatic N) is 2. The minimum Gasteiger partial charge on any atom is -0.479 e. The van der Waals surface area contributed by atoms with Crippen molar-refractivity contribution in [2.45, 2.75) is 38.7 Å². The van der Waals surface area contributed by atoms with Crippen LogP contribution in [0.15, 0.2) is 42.5 Å². The van der Waals surface area contributed by atoms with E-state index in [0.717, 1.165) is 18.8 Å². The molecule has 7 nitrogen and oxygen atoms in total. The summed E-state index contributed by atoms with van der Waals surface area (Å²) in [5, 5.41) is 2.85. The number of carbonyl (C=O) groups excluding carboxylic acids is 3. The number of ether oxygens (including phenoxy) is 1. The summed E-state index contributed by atoms with van der Waals surface area (Å²) in [5.41, 5.74) is 2.91. The van der Waals surface area contributed by atoms with Crippen LogP contribution < -0.4 is 19.9 Å². The average Bonchev–Trinajstić information content (AvgIpc) is 3.31. The van der Waals surface area contributed by atoms with E-state index in [2.05, 4.69) is 10.2 Å². The van der Waals surface area contributed by atoms with Crippen molar-refractivity contribution in [3.8, 4) is 5.75 Å². The predicted molar refractivity (Wildman–Crippen MR) is 120 cm³/mol. The molecule has 0 spiro atoms. The lowest BCUT2D eigenvalue weighted by Crippen LogP contribution is -2.42. The number of likely N-dealkylation sites (N-methyl/N-ethyl adjacent to an activating group) is 1. The van der Waals surface area contributed by atoms with Gasteiger partial charge in [0.05, 0.1) is 5.69 Å². The van der Waals surface area contributed by atoms with Gasteiger partial charge in [-0.1, -0.05) is 0 Å². The highest BCUT2D eigenvalue weighted by Gasteiger charge is 2.29. The maximum absolute atomic E-state index is 12.6. The number of nitrogens with one attached hydrogen (secondary N) is 1. The summed E-state index contributed by atoms with van der Waals surface area (Å²) in [7, 11) is 1.66. The van der Waals surface area contributed by atoms with E-state index in [0.29, 0.717) is 17.0 Å². The highest BCUT2D eigenvalue weighted by molar-refractivity contribution is 6.04. The lowest BCUT2D eigenvalue weighted by Gasteiger charge is -2.30. The van der Waals surface area contributed by atoms with Crippen LogP contribution in [0.3, 0.4) is 0 Å². The molecule has 1 N–H and O–H groups in total. The highest BCUT2D eigenvalue weighted by Crippen LogP contribution is 2.34. The van der Waals surface area contributed by atoms with Crippen molar-refractivity contribution in [2.75, 3.05) is 35.3 Å². The van der Waals surface area contributed by atoms with E-state index in [1.54, 1.807) is 32.2 Å². The topological polar surface area (TPSA) is 79.0 Å². The Kier molecular flexibility index (Phi) is 5.93. The van der Waals surface area contributed by atoms with Gasteiger partial charge in [0.25, 0.3) is 5.91 Å². The number of amides is 2. The van der Waals surface area contributed by atoms with Gasteiger partial charge < -0.3 is 19.9 Å². The molecule has 1 saturated heterocycles. The summed E-state index contributed by atoms with van der Waals surface area (Å²) in [4.78, 5) is 40.9. The first-order valence-electron chi connectivity index (χ1n) is 10.7. The second-order valence-electron chi connectivity index (χ2n) is 8.05. The summed E-state index contributed by atoms with van der Waals surface area (Å²) in [5.74, 6) is 0.0555. The van der Waals surface area contributed by atoms with Gasteiger partial charge in [-0.05, 0) is 62.2 Å². The maximum atomic E-state index is 12.6. The van der Waals surface area contributed by atoms with Gasteiger partial charge in [-0.25, -0.2) is 0 Å². The van der Waals surface area contributed by atoms with Crippen LogP contribution in [0, 0.1) is 0 Å². The van der Waals surface area contributed by atoms with Crippen molar-refractivity contribution < 1.29 is 19.1 Å². The zero-order valence-corrected chi connectivity index (χ0v) is 17.9. The van der Waals surface area contributed by atoms with Crippen LogP contribution in [0.2, 0.25) is 0 Å². The number of fused-ring (bicyclic) bond motifs is 1. The highest BCUT2D eigenvalue weighted by atomic mass is 16.5. The number of Topliss-reactive ketones (excluding diaryl/α,β-unsaturated/α-hetero) is 1. The Morgan fingerprint density at radius 1 is 1.06 bits per heavy atom. The van der Waals surface area contributed by atoms with E-state index in [9.17, 15) is 14.4 Å². The van der Waals surface area contributed by atoms with Crippen molar-refractivity contribution in [1.29, 1.82) is 0 Å². The first-order valence-corrected chi connectivity index (χ1v) is 10.7. The smallest absolute Gasteiger partial charge is 0.267 e. The lowest BCUT2D eigenvalue weighted by molar-refractivity contribution is -0.125. The molecule has 2 aromatic carbocycles. The van der Waals surface area contributed by atoms with Crippen LogP contribution in [0.25, 0.3) is 0 Å². The van der Waals surface area contributed by atoms with E-state index < -0.39 is 6.10 Å². The molecular formula is C24H27N3O4. The first-order chi connectivity index (χ1) is 14.9. The molecule has 4 rings (SSSR count). The number of hydrogen-bond donors (Lipinski definition) is 1. The van der Waals surface area contributed by atoms with Crippen LogP contribution in [0.4, 0.5) is 17.1 Å². The van der Waals surface area contributed by atoms with Crippen molar-refractivity contribution in [1.82, 2.24) is 0 Å². The molecule has 0 aliphatic carbocycles. The molecule has 2 aromatic rings. The summed E-state index contributed by atoms with van der Waals surface area (Å²) >= 11 is 0. The molecule has 2 aliphatic heterocycles. The van der Waals surface area contributed by atoms with E-state index >= 15 is 0 Å². The Bertz CT molecular complexity index is 996. The molecule has 2 amide bonds. The van der Waals surface area contributed by atoms with Gasteiger partial charge in [-0.2, -0.15) is 0 Å². The standard InChI is InChI=1S/C24H27N3O4/c1-16-24(30)26(2)20-15-17(5-11-22(20)31-16)21(28)10-12-23(29)25-18-6-8-19(9-7-18)27-13-3-4-14-27/h5-9,11,15-16H,3-4,10,12-14H2,1-2H3,(H,25,29). The third kappa shape index (κ3) is 4.55. The Hall–Kier alpha value is -3.35. The molecule has 1 atom stereocenters. The second kappa shape index (κ2) is 8.79. The molecule has 1 fully saturated rings. The Morgan fingerprint density at radius 2 is 1.77 bits per heavy atom. The van der Waals surface area contributed by atoms with Gasteiger partial charge in [0, 0.05) is 49.9 Å². The molecule has 0 bridgehead atoms. The minimum absolute atomic E-state index is 0.0887. The maximum Gasteiger partial charge on any atom is 0.267 e. The molecule has 2 aliphatic rings. The average molecular weight is 421 g/mol. The number of rotatable bonds is 6. The fourth-order valence-corrected chi connectivity index (χ4v) is 4.01. The Morgan fingerprint density at radius 3 is 2.48 bits per heavy atom. The predicted octanol–water partition coefficient (Wildman–Crippen LogP) is 3.63. The number of benzene rings is 2. The van der Waals surface area contributed by atoms with E-state index in [1.165, 1.54) is 23.4 Å². The van der Waals surface area contributed by atoms with Crippen molar-refractivity contribution in [3.63, 3.8) is 0 Å². The molecule has 0 saturated carbocycles. The SMILES string of the molecule is CC1Oc2ccc(C(=O)CCC(=O)Nc3ccc(N4CCCC4)cc3)cc2N(C)C1=O. The second-order valence-corrected chi connectivity index (χ2v) is 8.05. The third-order valence-electron chi connectivity index (χ3n) is 5.83. The van der Waals surface area contributed by atoms with E-state index in [-0.39, 0.29) is 30.4 Å². The van der Waals surface area contributed by atoms with E-state index in [4.69, 9.17) is 4.74 Å². The Balaban J connectivity index is 1.32. The lowest BCUT2D eigenvalue weighted by atomic mass is 10.0. The van der Waals surface area contributed by atoms with Gasteiger partial charge in [0.1, 0.15) is 5.75 Å². The van der Waals surface area contributed by atoms with E-state index in [1.807, 2.05) is 24.3 Å². The largest absolute Gasteiger partial charge is 0.479 e. The first kappa shape index (κ1) is 20.9. The molecule has 162 valence electrons. The fraction of sp³-hybridized carbons (Fsp3) is 0.375. The normalized spacial score (nSPS) is 17.9. The number of hydrogen-bond acceptors (Lipinski definition) is 5. The summed E-state index contributed by atoms with van der Waals surface area (Å²) in [6.45, 7) is 3.84. The third-order valence-corrected chi connectivity index (χ3v) is 5.83. The van der Waals surface area contributed by atoms with Gasteiger partial charge in [0.2, 0.25) is 5.91 Å². The van der Waals surface area contributed by atoms with Crippen molar-refractivity contribution >= 4 is 34.7 Å². The molecule has 31 heavy (non-hydrogen) atoms. The molecular weight excluding hydrogens is 394 g/mol. The van der Waals surface area contributed by atoms with Crippen LogP contribution in [-0.4, -0.2) is 43.8 Å². The summed E-state index contributed by atoms with van der Waals surface area (Å²) in [6, 6.07) is 12.8. The monoisotopic (exact) mass is 421 g/mol. The summed E-state index contributed by atoms with van der Waals surface area (Å²) < 4.78 is 5.58. The molecule has 2 heterocycles. The quantitative estimate of drug-likeness (QED) is 0.721.